The van der Waals surface area contributed by atoms with Gasteiger partial charge in [0.05, 0.1) is 0 Å². The molecule has 0 spiro atoms. The summed E-state index contributed by atoms with van der Waals surface area (Å²) in [4.78, 5) is 4.17. The Morgan fingerprint density at radius 3 is 2.16 bits per heavy atom. The van der Waals surface area contributed by atoms with E-state index in [1.54, 1.807) is 0 Å². The zero-order chi connectivity index (χ0) is 14.1. The molecule has 1 rings (SSSR count). The van der Waals surface area contributed by atoms with Crippen LogP contribution in [0.4, 0.5) is 0 Å². The number of rotatable bonds is 9. The van der Waals surface area contributed by atoms with Crippen molar-refractivity contribution in [1.82, 2.24) is 10.3 Å². The fraction of sp³-hybridized carbons (Fsp3) is 0.706. The van der Waals surface area contributed by atoms with Crippen LogP contribution in [0.2, 0.25) is 0 Å². The van der Waals surface area contributed by atoms with Crippen molar-refractivity contribution >= 4 is 0 Å². The average Bonchev–Trinajstić information content (AvgIpc) is 2.39. The monoisotopic (exact) mass is 262 g/mol. The van der Waals surface area contributed by atoms with E-state index in [0.717, 1.165) is 13.1 Å². The molecule has 2 nitrogen and oxygen atoms in total. The summed E-state index contributed by atoms with van der Waals surface area (Å²) in [5, 5.41) is 3.67. The van der Waals surface area contributed by atoms with Crippen molar-refractivity contribution in [2.24, 2.45) is 5.92 Å². The topological polar surface area (TPSA) is 24.9 Å². The number of pyridine rings is 1. The summed E-state index contributed by atoms with van der Waals surface area (Å²) in [7, 11) is 0. The molecule has 1 N–H and O–H groups in total. The van der Waals surface area contributed by atoms with E-state index >= 15 is 0 Å². The van der Waals surface area contributed by atoms with E-state index in [-0.39, 0.29) is 5.41 Å². The van der Waals surface area contributed by atoms with Gasteiger partial charge >= 0.3 is 0 Å². The maximum Gasteiger partial charge on any atom is 0.0270 e. The summed E-state index contributed by atoms with van der Waals surface area (Å²) in [5.41, 5.74) is 1.73. The van der Waals surface area contributed by atoms with Gasteiger partial charge in [-0.25, -0.2) is 0 Å². The van der Waals surface area contributed by atoms with Crippen LogP contribution in [0.1, 0.15) is 58.9 Å². The van der Waals surface area contributed by atoms with Gasteiger partial charge in [0.25, 0.3) is 0 Å². The van der Waals surface area contributed by atoms with E-state index in [0.29, 0.717) is 5.92 Å². The van der Waals surface area contributed by atoms with Crippen LogP contribution in [0.3, 0.4) is 0 Å². The highest BCUT2D eigenvalue weighted by atomic mass is 14.9. The van der Waals surface area contributed by atoms with Crippen molar-refractivity contribution in [1.29, 1.82) is 0 Å². The number of hydrogen-bond acceptors (Lipinski definition) is 2. The summed E-state index contributed by atoms with van der Waals surface area (Å²) in [5.74, 6) is 0.707. The van der Waals surface area contributed by atoms with Gasteiger partial charge < -0.3 is 5.32 Å². The molecule has 0 radical (unpaired) electrons. The van der Waals surface area contributed by atoms with Crippen molar-refractivity contribution in [3.63, 3.8) is 0 Å². The molecule has 0 saturated carbocycles. The van der Waals surface area contributed by atoms with Gasteiger partial charge in [0.2, 0.25) is 0 Å². The van der Waals surface area contributed by atoms with E-state index in [2.05, 4.69) is 50.1 Å². The quantitative estimate of drug-likeness (QED) is 0.722. The van der Waals surface area contributed by atoms with E-state index in [1.807, 2.05) is 12.4 Å². The third kappa shape index (κ3) is 4.94. The highest BCUT2D eigenvalue weighted by Crippen LogP contribution is 2.33. The SMILES string of the molecule is CCCC(CCC)(CNCC(C)C)c1ccncc1. The van der Waals surface area contributed by atoms with Gasteiger partial charge in [-0.3, -0.25) is 4.98 Å². The first kappa shape index (κ1) is 16.2. The van der Waals surface area contributed by atoms with Crippen LogP contribution in [0.25, 0.3) is 0 Å². The molecular formula is C17H30N2. The summed E-state index contributed by atoms with van der Waals surface area (Å²) >= 11 is 0. The predicted molar refractivity (Wildman–Crippen MR) is 83.4 cm³/mol. The second kappa shape index (κ2) is 8.31. The first-order valence-electron chi connectivity index (χ1n) is 7.76. The average molecular weight is 262 g/mol. The molecule has 0 aliphatic carbocycles. The Balaban J connectivity index is 2.86. The van der Waals surface area contributed by atoms with Gasteiger partial charge in [0.15, 0.2) is 0 Å². The molecule has 0 atom stereocenters. The number of aromatic nitrogens is 1. The van der Waals surface area contributed by atoms with E-state index < -0.39 is 0 Å². The Hall–Kier alpha value is -0.890. The molecule has 0 saturated heterocycles. The second-order valence-electron chi connectivity index (χ2n) is 6.04. The molecule has 0 aliphatic heterocycles. The third-order valence-corrected chi connectivity index (χ3v) is 3.77. The first-order valence-corrected chi connectivity index (χ1v) is 7.76. The normalized spacial score (nSPS) is 12.1. The fourth-order valence-corrected chi connectivity index (χ4v) is 2.96. The minimum Gasteiger partial charge on any atom is -0.316 e. The Labute approximate surface area is 119 Å². The molecule has 0 aliphatic rings. The number of nitrogens with one attached hydrogen (secondary N) is 1. The smallest absolute Gasteiger partial charge is 0.0270 e. The van der Waals surface area contributed by atoms with Crippen LogP contribution in [0, 0.1) is 5.92 Å². The zero-order valence-corrected chi connectivity index (χ0v) is 13.1. The molecule has 0 aromatic carbocycles. The molecule has 2 heteroatoms. The molecular weight excluding hydrogens is 232 g/mol. The molecule has 0 bridgehead atoms. The summed E-state index contributed by atoms with van der Waals surface area (Å²) < 4.78 is 0. The predicted octanol–water partition coefficient (Wildman–Crippen LogP) is 4.17. The molecule has 19 heavy (non-hydrogen) atoms. The van der Waals surface area contributed by atoms with Crippen LogP contribution in [-0.2, 0) is 5.41 Å². The Bertz CT molecular complexity index is 326. The van der Waals surface area contributed by atoms with Gasteiger partial charge in [-0.05, 0) is 43.0 Å². The lowest BCUT2D eigenvalue weighted by Gasteiger charge is -2.35. The van der Waals surface area contributed by atoms with Crippen molar-refractivity contribution in [2.45, 2.75) is 58.8 Å². The van der Waals surface area contributed by atoms with Gasteiger partial charge in [-0.15, -0.1) is 0 Å². The highest BCUT2D eigenvalue weighted by Gasteiger charge is 2.30. The summed E-state index contributed by atoms with van der Waals surface area (Å²) in [6.45, 7) is 11.3. The van der Waals surface area contributed by atoms with Gasteiger partial charge in [0, 0.05) is 24.4 Å². The Morgan fingerprint density at radius 2 is 1.68 bits per heavy atom. The highest BCUT2D eigenvalue weighted by molar-refractivity contribution is 5.23. The Morgan fingerprint density at radius 1 is 1.11 bits per heavy atom. The van der Waals surface area contributed by atoms with Crippen molar-refractivity contribution in [3.05, 3.63) is 30.1 Å². The van der Waals surface area contributed by atoms with E-state index in [4.69, 9.17) is 0 Å². The first-order chi connectivity index (χ1) is 9.14. The van der Waals surface area contributed by atoms with E-state index in [9.17, 15) is 0 Å². The van der Waals surface area contributed by atoms with Gasteiger partial charge in [0.1, 0.15) is 0 Å². The lowest BCUT2D eigenvalue weighted by atomic mass is 9.73. The molecule has 0 amide bonds. The van der Waals surface area contributed by atoms with Crippen molar-refractivity contribution < 1.29 is 0 Å². The minimum atomic E-state index is 0.279. The largest absolute Gasteiger partial charge is 0.316 e. The number of hydrogen-bond donors (Lipinski definition) is 1. The lowest BCUT2D eigenvalue weighted by Crippen LogP contribution is -2.39. The maximum atomic E-state index is 4.17. The van der Waals surface area contributed by atoms with Crippen LogP contribution < -0.4 is 5.32 Å². The minimum absolute atomic E-state index is 0.279. The van der Waals surface area contributed by atoms with Crippen LogP contribution in [0.15, 0.2) is 24.5 Å². The Kier molecular flexibility index (Phi) is 7.07. The lowest BCUT2D eigenvalue weighted by molar-refractivity contribution is 0.328. The standard InChI is InChI=1S/C17H30N2/c1-5-9-17(10-6-2,14-19-13-15(3)4)16-7-11-18-12-8-16/h7-8,11-12,15,19H,5-6,9-10,13-14H2,1-4H3. The zero-order valence-electron chi connectivity index (χ0n) is 13.1. The molecule has 1 aromatic rings. The van der Waals surface area contributed by atoms with Crippen molar-refractivity contribution in [3.8, 4) is 0 Å². The summed E-state index contributed by atoms with van der Waals surface area (Å²) in [6.07, 6.45) is 8.80. The third-order valence-electron chi connectivity index (χ3n) is 3.77. The molecule has 1 heterocycles. The molecule has 0 fully saturated rings. The molecule has 0 unspecified atom stereocenters. The fourth-order valence-electron chi connectivity index (χ4n) is 2.96. The number of nitrogens with zero attached hydrogens (tertiary/aromatic N) is 1. The summed E-state index contributed by atoms with van der Waals surface area (Å²) in [6, 6.07) is 4.39. The van der Waals surface area contributed by atoms with Gasteiger partial charge in [-0.2, -0.15) is 0 Å². The van der Waals surface area contributed by atoms with Gasteiger partial charge in [-0.1, -0.05) is 40.5 Å². The van der Waals surface area contributed by atoms with Crippen LogP contribution in [-0.4, -0.2) is 18.1 Å². The molecule has 108 valence electrons. The maximum absolute atomic E-state index is 4.17. The second-order valence-corrected chi connectivity index (χ2v) is 6.04. The van der Waals surface area contributed by atoms with Crippen LogP contribution in [0.5, 0.6) is 0 Å². The van der Waals surface area contributed by atoms with Crippen molar-refractivity contribution in [2.75, 3.05) is 13.1 Å². The molecule has 1 aromatic heterocycles. The van der Waals surface area contributed by atoms with Crippen LogP contribution >= 0.6 is 0 Å². The van der Waals surface area contributed by atoms with E-state index in [1.165, 1.54) is 31.2 Å².